The lowest BCUT2D eigenvalue weighted by atomic mass is 10.0. The van der Waals surface area contributed by atoms with Crippen molar-refractivity contribution in [1.82, 2.24) is 29.1 Å². The number of carbonyl (C=O) groups is 2. The zero-order valence-electron chi connectivity index (χ0n) is 23.9. The van der Waals surface area contributed by atoms with Crippen molar-refractivity contribution in [2.75, 3.05) is 6.61 Å². The maximum atomic E-state index is 13.6. The molecule has 0 bridgehead atoms. The SMILES string of the molecule is Cc1cn([C@H]2C[C@H](n3cc(COC(=O)Cn4c5c(c6ccccc6c4=O)C(=O)c4ccccc4-5)nn3)[C@@H](CO)O2)c(=O)[nH]c1=O. The molecule has 0 spiro atoms. The second-order valence-corrected chi connectivity index (χ2v) is 11.0. The fourth-order valence-electron chi connectivity index (χ4n) is 6.08. The smallest absolute Gasteiger partial charge is 0.330 e. The van der Waals surface area contributed by atoms with Gasteiger partial charge in [-0.05, 0) is 13.0 Å². The fourth-order valence-corrected chi connectivity index (χ4v) is 6.08. The molecule has 45 heavy (non-hydrogen) atoms. The molecule has 0 saturated carbocycles. The normalized spacial score (nSPS) is 18.7. The predicted octanol–water partition coefficient (Wildman–Crippen LogP) is 1.23. The number of benzene rings is 2. The molecule has 14 heteroatoms. The van der Waals surface area contributed by atoms with Gasteiger partial charge in [0.2, 0.25) is 0 Å². The van der Waals surface area contributed by atoms with Gasteiger partial charge < -0.3 is 14.6 Å². The first-order valence-corrected chi connectivity index (χ1v) is 14.2. The summed E-state index contributed by atoms with van der Waals surface area (Å²) >= 11 is 0. The number of rotatable bonds is 7. The molecule has 2 N–H and O–H groups in total. The van der Waals surface area contributed by atoms with E-state index < -0.39 is 47.7 Å². The molecule has 1 aliphatic carbocycles. The summed E-state index contributed by atoms with van der Waals surface area (Å²) in [6, 6.07) is 13.3. The number of fused-ring (bicyclic) bond motifs is 5. The highest BCUT2D eigenvalue weighted by atomic mass is 16.5. The van der Waals surface area contributed by atoms with E-state index in [1.807, 2.05) is 0 Å². The third kappa shape index (κ3) is 4.71. The van der Waals surface area contributed by atoms with Crippen LogP contribution >= 0.6 is 0 Å². The Morgan fingerprint density at radius 3 is 2.56 bits per heavy atom. The van der Waals surface area contributed by atoms with E-state index in [2.05, 4.69) is 15.3 Å². The van der Waals surface area contributed by atoms with Gasteiger partial charge in [0, 0.05) is 40.1 Å². The molecule has 1 aliphatic heterocycles. The zero-order chi connectivity index (χ0) is 31.4. The van der Waals surface area contributed by atoms with Crippen molar-refractivity contribution in [2.45, 2.75) is 44.9 Å². The van der Waals surface area contributed by atoms with Crippen molar-refractivity contribution in [3.63, 3.8) is 0 Å². The lowest BCUT2D eigenvalue weighted by Gasteiger charge is -2.15. The number of hydrogen-bond donors (Lipinski definition) is 2. The molecule has 0 radical (unpaired) electrons. The van der Waals surface area contributed by atoms with E-state index in [1.54, 1.807) is 61.7 Å². The van der Waals surface area contributed by atoms with Crippen LogP contribution in [-0.4, -0.2) is 58.7 Å². The highest BCUT2D eigenvalue weighted by Gasteiger charge is 2.38. The molecule has 3 atom stereocenters. The van der Waals surface area contributed by atoms with E-state index in [1.165, 1.54) is 20.0 Å². The summed E-state index contributed by atoms with van der Waals surface area (Å²) in [6.07, 6.45) is 1.70. The van der Waals surface area contributed by atoms with Gasteiger partial charge in [0.05, 0.1) is 30.1 Å². The van der Waals surface area contributed by atoms with Crippen molar-refractivity contribution >= 4 is 22.5 Å². The van der Waals surface area contributed by atoms with Crippen LogP contribution in [0.15, 0.2) is 75.3 Å². The Kier molecular flexibility index (Phi) is 6.86. The molecule has 3 aromatic heterocycles. The van der Waals surface area contributed by atoms with Gasteiger partial charge in [-0.3, -0.25) is 33.3 Å². The molecule has 5 aromatic rings. The zero-order valence-corrected chi connectivity index (χ0v) is 23.9. The van der Waals surface area contributed by atoms with Crippen molar-refractivity contribution in [1.29, 1.82) is 0 Å². The van der Waals surface area contributed by atoms with Crippen LogP contribution in [0.1, 0.15) is 45.9 Å². The Hall–Kier alpha value is -5.47. The van der Waals surface area contributed by atoms with Gasteiger partial charge in [0.15, 0.2) is 5.78 Å². The summed E-state index contributed by atoms with van der Waals surface area (Å²) in [5.74, 6) is -0.929. The summed E-state index contributed by atoms with van der Waals surface area (Å²) in [5.41, 5.74) is 0.876. The Morgan fingerprint density at radius 2 is 1.78 bits per heavy atom. The number of aliphatic hydroxyl groups is 1. The van der Waals surface area contributed by atoms with Crippen molar-refractivity contribution in [3.05, 3.63) is 115 Å². The van der Waals surface area contributed by atoms with E-state index in [9.17, 15) is 29.1 Å². The molecule has 228 valence electrons. The van der Waals surface area contributed by atoms with Crippen LogP contribution < -0.4 is 16.8 Å². The van der Waals surface area contributed by atoms with Crippen LogP contribution in [0, 0.1) is 6.92 Å². The third-order valence-electron chi connectivity index (χ3n) is 8.24. The number of nitrogens with one attached hydrogen (secondary N) is 1. The summed E-state index contributed by atoms with van der Waals surface area (Å²) in [4.78, 5) is 66.4. The number of aryl methyl sites for hydroxylation is 1. The van der Waals surface area contributed by atoms with Crippen LogP contribution in [0.25, 0.3) is 22.0 Å². The van der Waals surface area contributed by atoms with E-state index in [0.29, 0.717) is 44.4 Å². The third-order valence-corrected chi connectivity index (χ3v) is 8.24. The largest absolute Gasteiger partial charge is 0.458 e. The van der Waals surface area contributed by atoms with Crippen molar-refractivity contribution in [3.8, 4) is 11.3 Å². The summed E-state index contributed by atoms with van der Waals surface area (Å²) < 4.78 is 15.4. The van der Waals surface area contributed by atoms with Gasteiger partial charge in [-0.25, -0.2) is 9.48 Å². The van der Waals surface area contributed by atoms with Crippen LogP contribution in [0.3, 0.4) is 0 Å². The second-order valence-electron chi connectivity index (χ2n) is 11.0. The van der Waals surface area contributed by atoms with E-state index in [0.717, 1.165) is 0 Å². The fraction of sp³-hybridized carbons (Fsp3) is 0.258. The molecule has 4 heterocycles. The van der Waals surface area contributed by atoms with Gasteiger partial charge >= 0.3 is 11.7 Å². The average molecular weight is 611 g/mol. The number of carbonyl (C=O) groups excluding carboxylic acids is 2. The first-order valence-electron chi connectivity index (χ1n) is 14.2. The van der Waals surface area contributed by atoms with E-state index in [4.69, 9.17) is 9.47 Å². The monoisotopic (exact) mass is 610 g/mol. The number of aromatic amines is 1. The first kappa shape index (κ1) is 28.3. The quantitative estimate of drug-likeness (QED) is 0.250. The maximum Gasteiger partial charge on any atom is 0.330 e. The number of ketones is 1. The summed E-state index contributed by atoms with van der Waals surface area (Å²) in [5, 5.41) is 19.0. The molecule has 0 unspecified atom stereocenters. The first-order chi connectivity index (χ1) is 21.7. The van der Waals surface area contributed by atoms with Crippen LogP contribution in [0.4, 0.5) is 0 Å². The molecule has 1 fully saturated rings. The number of esters is 1. The van der Waals surface area contributed by atoms with E-state index in [-0.39, 0.29) is 25.4 Å². The number of pyridine rings is 1. The summed E-state index contributed by atoms with van der Waals surface area (Å²) in [6.45, 7) is 0.523. The minimum absolute atomic E-state index is 0.213. The maximum absolute atomic E-state index is 13.6. The topological polar surface area (TPSA) is 180 Å². The van der Waals surface area contributed by atoms with Crippen molar-refractivity contribution in [2.24, 2.45) is 0 Å². The molecule has 2 aliphatic rings. The number of aliphatic hydroxyl groups excluding tert-OH is 1. The van der Waals surface area contributed by atoms with Gasteiger partial charge in [-0.2, -0.15) is 0 Å². The number of H-pyrrole nitrogens is 1. The number of nitrogens with zero attached hydrogens (tertiary/aromatic N) is 5. The standard InChI is InChI=1S/C31H26N6O8/c1-16-11-35(31(43)32-29(16)41)24-10-22(23(14-38)45-24)37-12-17(33-34-37)15-44-25(39)13-36-27-19-7-3-4-8-20(19)28(40)26(27)18-6-2-5-9-21(18)30(36)42/h2-9,11-12,22-24,38H,10,13-15H2,1H3,(H,32,41,43)/t22-,23+,24+/m0/s1. The average Bonchev–Trinajstić information content (AvgIpc) is 3.76. The Bertz CT molecular complexity index is 2190. The minimum Gasteiger partial charge on any atom is -0.458 e. The van der Waals surface area contributed by atoms with Crippen LogP contribution in [0.5, 0.6) is 0 Å². The molecular formula is C31H26N6O8. The molecule has 2 aromatic carbocycles. The molecular weight excluding hydrogens is 584 g/mol. The highest BCUT2D eigenvalue weighted by Crippen LogP contribution is 2.39. The summed E-state index contributed by atoms with van der Waals surface area (Å²) in [7, 11) is 0. The molecule has 0 amide bonds. The number of ether oxygens (including phenoxy) is 2. The predicted molar refractivity (Wildman–Crippen MR) is 158 cm³/mol. The lowest BCUT2D eigenvalue weighted by Crippen LogP contribution is -2.33. The lowest BCUT2D eigenvalue weighted by molar-refractivity contribution is -0.145. The molecule has 7 rings (SSSR count). The van der Waals surface area contributed by atoms with E-state index >= 15 is 0 Å². The number of aromatic nitrogens is 6. The van der Waals surface area contributed by atoms with Gasteiger partial charge in [-0.15, -0.1) is 5.10 Å². The van der Waals surface area contributed by atoms with Crippen LogP contribution in [-0.2, 0) is 27.4 Å². The Labute approximate surface area is 253 Å². The Morgan fingerprint density at radius 1 is 1.04 bits per heavy atom. The van der Waals surface area contributed by atoms with Gasteiger partial charge in [0.25, 0.3) is 11.1 Å². The Balaban J connectivity index is 1.10. The van der Waals surface area contributed by atoms with Crippen molar-refractivity contribution < 1.29 is 24.2 Å². The van der Waals surface area contributed by atoms with Gasteiger partial charge in [0.1, 0.15) is 31.2 Å². The van der Waals surface area contributed by atoms with Crippen LogP contribution in [0.2, 0.25) is 0 Å². The number of hydrogen-bond acceptors (Lipinski definition) is 10. The minimum atomic E-state index is -0.764. The highest BCUT2D eigenvalue weighted by molar-refractivity contribution is 6.26. The molecule has 14 nitrogen and oxygen atoms in total. The molecule has 1 saturated heterocycles. The van der Waals surface area contributed by atoms with Gasteiger partial charge in [-0.1, -0.05) is 47.7 Å². The second kappa shape index (κ2) is 10.9.